The van der Waals surface area contributed by atoms with Crippen LogP contribution in [0.5, 0.6) is 0 Å². The highest BCUT2D eigenvalue weighted by Gasteiger charge is 2.33. The van der Waals surface area contributed by atoms with E-state index in [2.05, 4.69) is 0 Å². The molecule has 0 aliphatic carbocycles. The molecule has 0 bridgehead atoms. The first-order chi connectivity index (χ1) is 11.2. The number of esters is 1. The van der Waals surface area contributed by atoms with Gasteiger partial charge < -0.3 is 14.2 Å². The lowest BCUT2D eigenvalue weighted by Gasteiger charge is -2.35. The molecule has 0 unspecified atom stereocenters. The molecule has 23 heavy (non-hydrogen) atoms. The molecule has 1 aromatic carbocycles. The zero-order valence-electron chi connectivity index (χ0n) is 13.9. The second kappa shape index (κ2) is 9.48. The molecule has 2 rings (SSSR count). The molecule has 0 saturated carbocycles. The van der Waals surface area contributed by atoms with Crippen LogP contribution in [0.15, 0.2) is 42.5 Å². The molecule has 4 heteroatoms. The molecule has 0 N–H and O–H groups in total. The number of allylic oxidation sites excluding steroid dienone is 1. The molecule has 1 aromatic rings. The van der Waals surface area contributed by atoms with Crippen molar-refractivity contribution in [3.8, 4) is 0 Å². The Labute approximate surface area is 138 Å². The normalized spacial score (nSPS) is 24.7. The predicted molar refractivity (Wildman–Crippen MR) is 89.0 cm³/mol. The summed E-state index contributed by atoms with van der Waals surface area (Å²) in [4.78, 5) is 11.8. The van der Waals surface area contributed by atoms with Crippen LogP contribution in [0.1, 0.15) is 38.7 Å². The summed E-state index contributed by atoms with van der Waals surface area (Å²) in [5.74, 6) is -0.230. The van der Waals surface area contributed by atoms with Crippen LogP contribution in [0.3, 0.4) is 0 Å². The maximum atomic E-state index is 11.8. The summed E-state index contributed by atoms with van der Waals surface area (Å²) in [7, 11) is 0. The minimum Gasteiger partial charge on any atom is -0.466 e. The Morgan fingerprint density at radius 3 is 2.78 bits per heavy atom. The largest absolute Gasteiger partial charge is 0.466 e. The van der Waals surface area contributed by atoms with Crippen LogP contribution in [0, 0.1) is 0 Å². The van der Waals surface area contributed by atoms with Crippen molar-refractivity contribution in [2.45, 2.75) is 58.0 Å². The average molecular weight is 318 g/mol. The van der Waals surface area contributed by atoms with Gasteiger partial charge in [0.2, 0.25) is 0 Å². The van der Waals surface area contributed by atoms with Crippen LogP contribution in [-0.2, 0) is 25.6 Å². The second-order valence-corrected chi connectivity index (χ2v) is 5.66. The molecule has 1 aliphatic heterocycles. The quantitative estimate of drug-likeness (QED) is 0.568. The van der Waals surface area contributed by atoms with Crippen LogP contribution in [0.2, 0.25) is 0 Å². The van der Waals surface area contributed by atoms with E-state index in [1.54, 1.807) is 0 Å². The van der Waals surface area contributed by atoms with Gasteiger partial charge in [-0.2, -0.15) is 0 Å². The Balaban J connectivity index is 1.95. The van der Waals surface area contributed by atoms with E-state index in [-0.39, 0.29) is 30.7 Å². The Morgan fingerprint density at radius 1 is 1.30 bits per heavy atom. The first kappa shape index (κ1) is 17.7. The van der Waals surface area contributed by atoms with E-state index in [0.29, 0.717) is 13.2 Å². The highest BCUT2D eigenvalue weighted by Crippen LogP contribution is 2.26. The third kappa shape index (κ3) is 5.81. The van der Waals surface area contributed by atoms with Gasteiger partial charge in [-0.25, -0.2) is 0 Å². The fourth-order valence-corrected chi connectivity index (χ4v) is 2.78. The molecule has 0 radical (unpaired) electrons. The number of carbonyl (C=O) groups excluding carboxylic acids is 1. The molecule has 1 fully saturated rings. The van der Waals surface area contributed by atoms with E-state index < -0.39 is 0 Å². The van der Waals surface area contributed by atoms with Crippen LogP contribution in [0.4, 0.5) is 0 Å². The SMILES string of the molecule is C/C=C/[C@H]1CC[C@H](OCc2ccccc2)[C@@H](CC(=O)OCC)O1. The summed E-state index contributed by atoms with van der Waals surface area (Å²) in [5.41, 5.74) is 1.12. The van der Waals surface area contributed by atoms with E-state index in [9.17, 15) is 4.79 Å². The summed E-state index contributed by atoms with van der Waals surface area (Å²) in [6, 6.07) is 10.0. The Kier molecular flexibility index (Phi) is 7.30. The lowest BCUT2D eigenvalue weighted by atomic mass is 9.98. The molecule has 3 atom stereocenters. The fraction of sp³-hybridized carbons (Fsp3) is 0.526. The van der Waals surface area contributed by atoms with E-state index in [0.717, 1.165) is 18.4 Å². The smallest absolute Gasteiger partial charge is 0.308 e. The molecular weight excluding hydrogens is 292 g/mol. The molecular formula is C19H26O4. The Hall–Kier alpha value is -1.65. The molecule has 1 heterocycles. The van der Waals surface area contributed by atoms with Crippen LogP contribution >= 0.6 is 0 Å². The zero-order valence-corrected chi connectivity index (χ0v) is 13.9. The first-order valence-corrected chi connectivity index (χ1v) is 8.32. The fourth-order valence-electron chi connectivity index (χ4n) is 2.78. The second-order valence-electron chi connectivity index (χ2n) is 5.66. The van der Waals surface area contributed by atoms with Gasteiger partial charge in [0.1, 0.15) is 0 Å². The maximum Gasteiger partial charge on any atom is 0.308 e. The van der Waals surface area contributed by atoms with Gasteiger partial charge in [0.25, 0.3) is 0 Å². The molecule has 1 saturated heterocycles. The van der Waals surface area contributed by atoms with Crippen molar-refractivity contribution in [3.63, 3.8) is 0 Å². The topological polar surface area (TPSA) is 44.8 Å². The molecule has 0 spiro atoms. The lowest BCUT2D eigenvalue weighted by Crippen LogP contribution is -2.41. The number of carbonyl (C=O) groups is 1. The van der Waals surface area contributed by atoms with Crippen molar-refractivity contribution in [2.75, 3.05) is 6.61 Å². The lowest BCUT2D eigenvalue weighted by molar-refractivity contribution is -0.161. The summed E-state index contributed by atoms with van der Waals surface area (Å²) >= 11 is 0. The first-order valence-electron chi connectivity index (χ1n) is 8.32. The van der Waals surface area contributed by atoms with Crippen molar-refractivity contribution in [1.82, 2.24) is 0 Å². The van der Waals surface area contributed by atoms with Crippen molar-refractivity contribution < 1.29 is 19.0 Å². The molecule has 4 nitrogen and oxygen atoms in total. The summed E-state index contributed by atoms with van der Waals surface area (Å²) < 4.78 is 17.1. The minimum atomic E-state index is -0.257. The molecule has 126 valence electrons. The van der Waals surface area contributed by atoms with Gasteiger partial charge in [-0.1, -0.05) is 42.5 Å². The van der Waals surface area contributed by atoms with Gasteiger partial charge in [0.15, 0.2) is 0 Å². The van der Waals surface area contributed by atoms with Crippen molar-refractivity contribution in [1.29, 1.82) is 0 Å². The highest BCUT2D eigenvalue weighted by atomic mass is 16.6. The molecule has 0 amide bonds. The standard InChI is InChI=1S/C19H26O4/c1-3-8-16-11-12-17(18(23-16)13-19(20)21-4-2)22-14-15-9-6-5-7-10-15/h3,5-10,16-18H,4,11-14H2,1-2H3/b8-3+/t16-,17-,18+/m0/s1. The third-order valence-electron chi connectivity index (χ3n) is 3.89. The van der Waals surface area contributed by atoms with E-state index >= 15 is 0 Å². The van der Waals surface area contributed by atoms with Crippen molar-refractivity contribution >= 4 is 5.97 Å². The number of benzene rings is 1. The van der Waals surface area contributed by atoms with E-state index in [4.69, 9.17) is 14.2 Å². The number of rotatable bonds is 7. The van der Waals surface area contributed by atoms with Crippen LogP contribution < -0.4 is 0 Å². The van der Waals surface area contributed by atoms with Gasteiger partial charge in [0, 0.05) is 0 Å². The Bertz CT molecular complexity index is 497. The minimum absolute atomic E-state index is 0.0519. The molecule has 0 aromatic heterocycles. The highest BCUT2D eigenvalue weighted by molar-refractivity contribution is 5.70. The summed E-state index contributed by atoms with van der Waals surface area (Å²) in [6.45, 7) is 4.70. The van der Waals surface area contributed by atoms with Crippen LogP contribution in [0.25, 0.3) is 0 Å². The van der Waals surface area contributed by atoms with Gasteiger partial charge in [-0.05, 0) is 32.3 Å². The van der Waals surface area contributed by atoms with Crippen molar-refractivity contribution in [3.05, 3.63) is 48.0 Å². The monoisotopic (exact) mass is 318 g/mol. The third-order valence-corrected chi connectivity index (χ3v) is 3.89. The van der Waals surface area contributed by atoms with Crippen LogP contribution in [-0.4, -0.2) is 30.9 Å². The number of hydrogen-bond donors (Lipinski definition) is 0. The molecule has 1 aliphatic rings. The van der Waals surface area contributed by atoms with Gasteiger partial charge in [0.05, 0.1) is 37.9 Å². The van der Waals surface area contributed by atoms with Gasteiger partial charge >= 0.3 is 5.97 Å². The van der Waals surface area contributed by atoms with E-state index in [1.807, 2.05) is 56.3 Å². The predicted octanol–water partition coefficient (Wildman–Crippen LogP) is 3.65. The number of hydrogen-bond acceptors (Lipinski definition) is 4. The van der Waals surface area contributed by atoms with Crippen molar-refractivity contribution in [2.24, 2.45) is 0 Å². The number of ether oxygens (including phenoxy) is 3. The van der Waals surface area contributed by atoms with E-state index in [1.165, 1.54) is 0 Å². The summed E-state index contributed by atoms with van der Waals surface area (Å²) in [6.07, 6.45) is 5.75. The summed E-state index contributed by atoms with van der Waals surface area (Å²) in [5, 5.41) is 0. The maximum absolute atomic E-state index is 11.8. The Morgan fingerprint density at radius 2 is 2.09 bits per heavy atom. The average Bonchev–Trinajstić information content (AvgIpc) is 2.55. The van der Waals surface area contributed by atoms with Gasteiger partial charge in [-0.3, -0.25) is 4.79 Å². The zero-order chi connectivity index (χ0) is 16.5. The van der Waals surface area contributed by atoms with Gasteiger partial charge in [-0.15, -0.1) is 0 Å².